The molecule has 1 aliphatic heterocycles. The number of hydrogen-bond donors (Lipinski definition) is 0. The number of amides is 1. The molecule has 0 saturated carbocycles. The van der Waals surface area contributed by atoms with E-state index in [0.717, 1.165) is 16.3 Å². The molecular formula is C17H18BrNO3. The Morgan fingerprint density at radius 3 is 2.59 bits per heavy atom. The molecule has 3 rings (SSSR count). The Bertz CT molecular complexity index is 773. The number of nitrogens with zero attached hydrogens (tertiary/aromatic N) is 1. The minimum atomic E-state index is -0.564. The number of rotatable bonds is 1. The van der Waals surface area contributed by atoms with Crippen molar-refractivity contribution in [3.05, 3.63) is 44.7 Å². The normalized spacial score (nSPS) is 22.0. The van der Waals surface area contributed by atoms with Gasteiger partial charge in [0.05, 0.1) is 0 Å². The molecule has 2 atom stereocenters. The van der Waals surface area contributed by atoms with Crippen molar-refractivity contribution in [1.82, 2.24) is 4.90 Å². The van der Waals surface area contributed by atoms with Crippen molar-refractivity contribution < 1.29 is 9.21 Å². The molecule has 2 unspecified atom stereocenters. The molecule has 1 aromatic carbocycles. The van der Waals surface area contributed by atoms with Crippen molar-refractivity contribution in [2.45, 2.75) is 20.3 Å². The molecule has 0 radical (unpaired) electrons. The third-order valence-corrected chi connectivity index (χ3v) is 4.57. The van der Waals surface area contributed by atoms with Gasteiger partial charge in [-0.3, -0.25) is 4.79 Å². The second-order valence-corrected chi connectivity index (χ2v) is 7.20. The van der Waals surface area contributed by atoms with Gasteiger partial charge in [-0.25, -0.2) is 4.79 Å². The van der Waals surface area contributed by atoms with E-state index in [-0.39, 0.29) is 11.5 Å². The van der Waals surface area contributed by atoms with Crippen LogP contribution in [0.15, 0.2) is 37.9 Å². The fraction of sp³-hybridized carbons (Fsp3) is 0.412. The third kappa shape index (κ3) is 2.95. The number of fused-ring (bicyclic) bond motifs is 1. The van der Waals surface area contributed by atoms with E-state index >= 15 is 0 Å². The molecular weight excluding hydrogens is 346 g/mol. The van der Waals surface area contributed by atoms with Crippen LogP contribution in [0.3, 0.4) is 0 Å². The van der Waals surface area contributed by atoms with Gasteiger partial charge in [0.2, 0.25) is 0 Å². The highest BCUT2D eigenvalue weighted by atomic mass is 79.9. The number of piperidine rings is 1. The first kappa shape index (κ1) is 15.3. The average molecular weight is 364 g/mol. The van der Waals surface area contributed by atoms with Crippen molar-refractivity contribution in [3.8, 4) is 0 Å². The van der Waals surface area contributed by atoms with Crippen LogP contribution < -0.4 is 5.63 Å². The predicted octanol–water partition coefficient (Wildman–Crippen LogP) is 3.67. The Labute approximate surface area is 137 Å². The Hall–Kier alpha value is -1.62. The molecule has 4 nitrogen and oxygen atoms in total. The number of likely N-dealkylation sites (tertiary alicyclic amines) is 1. The van der Waals surface area contributed by atoms with E-state index in [1.807, 2.05) is 6.07 Å². The topological polar surface area (TPSA) is 50.5 Å². The molecule has 1 amide bonds. The van der Waals surface area contributed by atoms with Crippen LogP contribution in [-0.2, 0) is 0 Å². The van der Waals surface area contributed by atoms with Crippen LogP contribution in [-0.4, -0.2) is 23.9 Å². The van der Waals surface area contributed by atoms with Crippen molar-refractivity contribution in [3.63, 3.8) is 0 Å². The standard InChI is InChI=1S/C17H18BrNO3/c1-10-5-11(2)9-19(8-10)16(20)14-7-12-6-13(18)3-4-15(12)22-17(14)21/h3-4,6-7,10-11H,5,8-9H2,1-2H3. The van der Waals surface area contributed by atoms with Crippen LogP contribution in [0.25, 0.3) is 11.0 Å². The van der Waals surface area contributed by atoms with Gasteiger partial charge in [0.15, 0.2) is 0 Å². The lowest BCUT2D eigenvalue weighted by Crippen LogP contribution is -2.43. The van der Waals surface area contributed by atoms with Crippen LogP contribution in [0.1, 0.15) is 30.6 Å². The molecule has 0 N–H and O–H groups in total. The van der Waals surface area contributed by atoms with Gasteiger partial charge in [0, 0.05) is 22.9 Å². The number of halogens is 1. The summed E-state index contributed by atoms with van der Waals surface area (Å²) in [6, 6.07) is 7.01. The van der Waals surface area contributed by atoms with Crippen molar-refractivity contribution in [1.29, 1.82) is 0 Å². The molecule has 0 spiro atoms. The summed E-state index contributed by atoms with van der Waals surface area (Å²) in [5, 5.41) is 0.746. The van der Waals surface area contributed by atoms with Gasteiger partial charge >= 0.3 is 5.63 Å². The first-order valence-electron chi connectivity index (χ1n) is 7.46. The second-order valence-electron chi connectivity index (χ2n) is 6.29. The summed E-state index contributed by atoms with van der Waals surface area (Å²) in [5.41, 5.74) is 0.0442. The van der Waals surface area contributed by atoms with E-state index in [4.69, 9.17) is 4.42 Å². The lowest BCUT2D eigenvalue weighted by Gasteiger charge is -2.34. The van der Waals surface area contributed by atoms with Gasteiger partial charge in [-0.05, 0) is 42.5 Å². The predicted molar refractivity (Wildman–Crippen MR) is 89.0 cm³/mol. The van der Waals surface area contributed by atoms with E-state index in [1.54, 1.807) is 23.1 Å². The monoisotopic (exact) mass is 363 g/mol. The minimum Gasteiger partial charge on any atom is -0.422 e. The summed E-state index contributed by atoms with van der Waals surface area (Å²) < 4.78 is 6.17. The number of hydrogen-bond acceptors (Lipinski definition) is 3. The summed E-state index contributed by atoms with van der Waals surface area (Å²) in [4.78, 5) is 26.6. The van der Waals surface area contributed by atoms with Crippen LogP contribution >= 0.6 is 15.9 Å². The molecule has 1 aromatic heterocycles. The van der Waals surface area contributed by atoms with Crippen molar-refractivity contribution in [2.75, 3.05) is 13.1 Å². The van der Waals surface area contributed by atoms with Gasteiger partial charge < -0.3 is 9.32 Å². The van der Waals surface area contributed by atoms with Crippen LogP contribution in [0.2, 0.25) is 0 Å². The average Bonchev–Trinajstić information content (AvgIpc) is 2.45. The quantitative estimate of drug-likeness (QED) is 0.726. The number of carbonyl (C=O) groups excluding carboxylic acids is 1. The summed E-state index contributed by atoms with van der Waals surface area (Å²) in [6.07, 6.45) is 1.11. The largest absolute Gasteiger partial charge is 0.422 e. The van der Waals surface area contributed by atoms with Gasteiger partial charge in [-0.2, -0.15) is 0 Å². The zero-order valence-corrected chi connectivity index (χ0v) is 14.2. The Morgan fingerprint density at radius 2 is 1.91 bits per heavy atom. The first-order valence-corrected chi connectivity index (χ1v) is 8.26. The fourth-order valence-corrected chi connectivity index (χ4v) is 3.62. The maximum Gasteiger partial charge on any atom is 0.349 e. The van der Waals surface area contributed by atoms with Gasteiger partial charge in [0.1, 0.15) is 11.1 Å². The van der Waals surface area contributed by atoms with Crippen LogP contribution in [0.5, 0.6) is 0 Å². The molecule has 1 saturated heterocycles. The second kappa shape index (κ2) is 5.88. The molecule has 22 heavy (non-hydrogen) atoms. The molecule has 1 aliphatic rings. The molecule has 2 heterocycles. The highest BCUT2D eigenvalue weighted by Crippen LogP contribution is 2.23. The lowest BCUT2D eigenvalue weighted by molar-refractivity contribution is 0.0619. The first-order chi connectivity index (χ1) is 10.4. The van der Waals surface area contributed by atoms with E-state index in [0.29, 0.717) is 30.5 Å². The van der Waals surface area contributed by atoms with Gasteiger partial charge in [-0.15, -0.1) is 0 Å². The molecule has 0 bridgehead atoms. The Balaban J connectivity index is 2.00. The summed E-state index contributed by atoms with van der Waals surface area (Å²) >= 11 is 3.39. The fourth-order valence-electron chi connectivity index (χ4n) is 3.24. The molecule has 1 fully saturated rings. The Morgan fingerprint density at radius 1 is 1.23 bits per heavy atom. The summed E-state index contributed by atoms with van der Waals surface area (Å²) in [5.74, 6) is 0.678. The van der Waals surface area contributed by atoms with Crippen molar-refractivity contribution >= 4 is 32.8 Å². The van der Waals surface area contributed by atoms with Gasteiger partial charge in [-0.1, -0.05) is 29.8 Å². The van der Waals surface area contributed by atoms with E-state index in [1.165, 1.54) is 0 Å². The third-order valence-electron chi connectivity index (χ3n) is 4.08. The Kier molecular flexibility index (Phi) is 4.08. The zero-order valence-electron chi connectivity index (χ0n) is 12.6. The number of carbonyl (C=O) groups is 1. The highest BCUT2D eigenvalue weighted by Gasteiger charge is 2.28. The highest BCUT2D eigenvalue weighted by molar-refractivity contribution is 9.10. The summed E-state index contributed by atoms with van der Waals surface area (Å²) in [7, 11) is 0. The number of benzene rings is 1. The molecule has 116 valence electrons. The molecule has 5 heteroatoms. The zero-order chi connectivity index (χ0) is 15.9. The van der Waals surface area contributed by atoms with Crippen molar-refractivity contribution in [2.24, 2.45) is 11.8 Å². The SMILES string of the molecule is CC1CC(C)CN(C(=O)c2cc3cc(Br)ccc3oc2=O)C1. The van der Waals surface area contributed by atoms with Gasteiger partial charge in [0.25, 0.3) is 5.91 Å². The molecule has 2 aromatic rings. The maximum atomic E-state index is 12.7. The van der Waals surface area contributed by atoms with Crippen LogP contribution in [0, 0.1) is 11.8 Å². The smallest absolute Gasteiger partial charge is 0.349 e. The van der Waals surface area contributed by atoms with E-state index in [9.17, 15) is 9.59 Å². The van der Waals surface area contributed by atoms with Crippen LogP contribution in [0.4, 0.5) is 0 Å². The minimum absolute atomic E-state index is 0.118. The lowest BCUT2D eigenvalue weighted by atomic mass is 9.91. The van der Waals surface area contributed by atoms with E-state index < -0.39 is 5.63 Å². The van der Waals surface area contributed by atoms with E-state index in [2.05, 4.69) is 29.8 Å². The molecule has 0 aliphatic carbocycles. The summed E-state index contributed by atoms with van der Waals surface area (Å²) in [6.45, 7) is 5.66. The maximum absolute atomic E-state index is 12.7.